The van der Waals surface area contributed by atoms with Gasteiger partial charge in [-0.2, -0.15) is 0 Å². The lowest BCUT2D eigenvalue weighted by Crippen LogP contribution is -2.60. The van der Waals surface area contributed by atoms with E-state index in [0.29, 0.717) is 11.7 Å². The highest BCUT2D eigenvalue weighted by molar-refractivity contribution is 8.01. The Bertz CT molecular complexity index is 514. The summed E-state index contributed by atoms with van der Waals surface area (Å²) in [7, 11) is 0. The highest BCUT2D eigenvalue weighted by Crippen LogP contribution is 2.46. The highest BCUT2D eigenvalue weighted by atomic mass is 32.2. The number of amides is 1. The first-order valence-electron chi connectivity index (χ1n) is 6.96. The van der Waals surface area contributed by atoms with Gasteiger partial charge >= 0.3 is 0 Å². The smallest absolute Gasteiger partial charge is 0.254 e. The Balaban J connectivity index is 1.59. The zero-order valence-corrected chi connectivity index (χ0v) is 12.4. The fourth-order valence-electron chi connectivity index (χ4n) is 2.98. The molecular formula is C15H19NO3S. The van der Waals surface area contributed by atoms with E-state index in [9.17, 15) is 9.90 Å². The molecule has 0 bridgehead atoms. The van der Waals surface area contributed by atoms with Crippen LogP contribution < -0.4 is 0 Å². The summed E-state index contributed by atoms with van der Waals surface area (Å²) in [6.45, 7) is 4.35. The number of likely N-dealkylation sites (tertiary alicyclic amines) is 1. The molecule has 4 nitrogen and oxygen atoms in total. The molecule has 1 amide bonds. The number of phenolic OH excluding ortho intramolecular Hbond substituents is 1. The predicted molar refractivity (Wildman–Crippen MR) is 79.2 cm³/mol. The zero-order valence-electron chi connectivity index (χ0n) is 11.5. The van der Waals surface area contributed by atoms with Gasteiger partial charge in [-0.25, -0.2) is 0 Å². The van der Waals surface area contributed by atoms with Gasteiger partial charge in [0, 0.05) is 31.0 Å². The first-order valence-corrected chi connectivity index (χ1v) is 7.94. The Morgan fingerprint density at radius 3 is 3.05 bits per heavy atom. The number of rotatable bonds is 3. The van der Waals surface area contributed by atoms with E-state index in [2.05, 4.69) is 0 Å². The van der Waals surface area contributed by atoms with Gasteiger partial charge in [0.1, 0.15) is 5.75 Å². The number of aromatic hydroxyl groups is 1. The summed E-state index contributed by atoms with van der Waals surface area (Å²) in [4.78, 5) is 14.2. The molecular weight excluding hydrogens is 274 g/mol. The topological polar surface area (TPSA) is 49.8 Å². The van der Waals surface area contributed by atoms with Gasteiger partial charge in [-0.05, 0) is 31.5 Å². The summed E-state index contributed by atoms with van der Waals surface area (Å²) in [5, 5.41) is 9.44. The SMILES string of the molecule is CCO[C@@H]1CSC2(C1)CN(C(=O)c1cccc(O)c1)C2. The van der Waals surface area contributed by atoms with Crippen molar-refractivity contribution in [3.05, 3.63) is 29.8 Å². The van der Waals surface area contributed by atoms with E-state index in [4.69, 9.17) is 4.74 Å². The number of ether oxygens (including phenoxy) is 1. The van der Waals surface area contributed by atoms with E-state index < -0.39 is 0 Å². The van der Waals surface area contributed by atoms with Gasteiger partial charge in [0.25, 0.3) is 5.91 Å². The van der Waals surface area contributed by atoms with Crippen molar-refractivity contribution in [1.29, 1.82) is 0 Å². The second kappa shape index (κ2) is 5.30. The normalized spacial score (nSPS) is 23.9. The minimum Gasteiger partial charge on any atom is -0.508 e. The number of phenols is 1. The molecule has 0 saturated carbocycles. The van der Waals surface area contributed by atoms with Crippen molar-refractivity contribution >= 4 is 17.7 Å². The largest absolute Gasteiger partial charge is 0.508 e. The molecule has 5 heteroatoms. The first kappa shape index (κ1) is 13.8. The van der Waals surface area contributed by atoms with Gasteiger partial charge in [-0.15, -0.1) is 11.8 Å². The molecule has 3 rings (SSSR count). The van der Waals surface area contributed by atoms with Crippen LogP contribution in [0.15, 0.2) is 24.3 Å². The van der Waals surface area contributed by atoms with Gasteiger partial charge in [0.15, 0.2) is 0 Å². The first-order chi connectivity index (χ1) is 9.62. The number of nitrogens with zero attached hydrogens (tertiary/aromatic N) is 1. The second-order valence-corrected chi connectivity index (χ2v) is 6.98. The van der Waals surface area contributed by atoms with Gasteiger partial charge < -0.3 is 14.7 Å². The predicted octanol–water partition coefficient (Wildman–Crippen LogP) is 2.13. The number of thioether (sulfide) groups is 1. The van der Waals surface area contributed by atoms with Crippen LogP contribution in [0.5, 0.6) is 5.75 Å². The molecule has 1 spiro atoms. The Morgan fingerprint density at radius 2 is 2.35 bits per heavy atom. The van der Waals surface area contributed by atoms with E-state index in [1.165, 1.54) is 6.07 Å². The summed E-state index contributed by atoms with van der Waals surface area (Å²) < 4.78 is 5.87. The second-order valence-electron chi connectivity index (χ2n) is 5.49. The maximum atomic E-state index is 12.3. The number of carbonyl (C=O) groups excluding carboxylic acids is 1. The molecule has 20 heavy (non-hydrogen) atoms. The minimum absolute atomic E-state index is 0.00647. The molecule has 0 aromatic heterocycles. The van der Waals surface area contributed by atoms with Crippen LogP contribution in [0.1, 0.15) is 23.7 Å². The fourth-order valence-corrected chi connectivity index (χ4v) is 4.53. The summed E-state index contributed by atoms with van der Waals surface area (Å²) in [5.41, 5.74) is 0.559. The zero-order chi connectivity index (χ0) is 14.2. The molecule has 0 unspecified atom stereocenters. The standard InChI is InChI=1S/C15H19NO3S/c1-2-19-13-7-15(20-8-13)9-16(10-15)14(18)11-4-3-5-12(17)6-11/h3-6,13,17H,2,7-10H2,1H3/t13-/m0/s1. The molecule has 2 aliphatic rings. The van der Waals surface area contributed by atoms with E-state index in [0.717, 1.165) is 31.9 Å². The Hall–Kier alpha value is -1.20. The van der Waals surface area contributed by atoms with E-state index in [1.54, 1.807) is 18.2 Å². The van der Waals surface area contributed by atoms with Crippen LogP contribution >= 0.6 is 11.8 Å². The van der Waals surface area contributed by atoms with E-state index in [-0.39, 0.29) is 16.4 Å². The average Bonchev–Trinajstić information content (AvgIpc) is 2.81. The highest BCUT2D eigenvalue weighted by Gasteiger charge is 2.50. The summed E-state index contributed by atoms with van der Waals surface area (Å²) in [6.07, 6.45) is 1.37. The molecule has 0 aliphatic carbocycles. The van der Waals surface area contributed by atoms with Crippen LogP contribution in [0.4, 0.5) is 0 Å². The maximum Gasteiger partial charge on any atom is 0.254 e. The molecule has 1 atom stereocenters. The minimum atomic E-state index is 0.00647. The lowest BCUT2D eigenvalue weighted by molar-refractivity contribution is 0.0359. The maximum absolute atomic E-state index is 12.3. The third-order valence-electron chi connectivity index (χ3n) is 3.92. The molecule has 2 heterocycles. The van der Waals surface area contributed by atoms with Crippen LogP contribution in [0.2, 0.25) is 0 Å². The number of carbonyl (C=O) groups is 1. The Morgan fingerprint density at radius 1 is 1.55 bits per heavy atom. The summed E-state index contributed by atoms with van der Waals surface area (Å²) in [5.74, 6) is 1.17. The molecule has 108 valence electrons. The van der Waals surface area contributed by atoms with Gasteiger partial charge in [-0.1, -0.05) is 6.07 Å². The molecule has 1 N–H and O–H groups in total. The van der Waals surface area contributed by atoms with Crippen molar-refractivity contribution in [3.63, 3.8) is 0 Å². The lowest BCUT2D eigenvalue weighted by atomic mass is 9.92. The van der Waals surface area contributed by atoms with Crippen molar-refractivity contribution in [2.45, 2.75) is 24.2 Å². The van der Waals surface area contributed by atoms with E-state index in [1.807, 2.05) is 23.6 Å². The van der Waals surface area contributed by atoms with E-state index >= 15 is 0 Å². The summed E-state index contributed by atoms with van der Waals surface area (Å²) >= 11 is 1.93. The lowest BCUT2D eigenvalue weighted by Gasteiger charge is -2.47. The third kappa shape index (κ3) is 2.52. The van der Waals surface area contributed by atoms with Gasteiger partial charge in [0.05, 0.1) is 10.9 Å². The number of benzene rings is 1. The number of hydrogen-bond donors (Lipinski definition) is 1. The molecule has 2 saturated heterocycles. The fraction of sp³-hybridized carbons (Fsp3) is 0.533. The van der Waals surface area contributed by atoms with Crippen LogP contribution in [0.3, 0.4) is 0 Å². The van der Waals surface area contributed by atoms with Crippen molar-refractivity contribution in [3.8, 4) is 5.75 Å². The quantitative estimate of drug-likeness (QED) is 0.927. The molecule has 2 fully saturated rings. The van der Waals surface area contributed by atoms with Crippen LogP contribution in [0, 0.1) is 0 Å². The van der Waals surface area contributed by atoms with Crippen molar-refractivity contribution in [2.75, 3.05) is 25.4 Å². The van der Waals surface area contributed by atoms with Crippen molar-refractivity contribution < 1.29 is 14.6 Å². The molecule has 1 aromatic rings. The van der Waals surface area contributed by atoms with Crippen LogP contribution in [-0.4, -0.2) is 52.2 Å². The van der Waals surface area contributed by atoms with Crippen molar-refractivity contribution in [1.82, 2.24) is 4.90 Å². The molecule has 1 aromatic carbocycles. The molecule has 2 aliphatic heterocycles. The van der Waals surface area contributed by atoms with Crippen LogP contribution in [-0.2, 0) is 4.74 Å². The summed E-state index contributed by atoms with van der Waals surface area (Å²) in [6, 6.07) is 6.55. The average molecular weight is 293 g/mol. The molecule has 0 radical (unpaired) electrons. The van der Waals surface area contributed by atoms with Crippen LogP contribution in [0.25, 0.3) is 0 Å². The number of hydrogen-bond acceptors (Lipinski definition) is 4. The monoisotopic (exact) mass is 293 g/mol. The van der Waals surface area contributed by atoms with Crippen molar-refractivity contribution in [2.24, 2.45) is 0 Å². The van der Waals surface area contributed by atoms with Gasteiger partial charge in [-0.3, -0.25) is 4.79 Å². The Kier molecular flexibility index (Phi) is 3.65. The Labute approximate surface area is 123 Å². The third-order valence-corrected chi connectivity index (χ3v) is 5.49. The van der Waals surface area contributed by atoms with Gasteiger partial charge in [0.2, 0.25) is 0 Å².